The zero-order chi connectivity index (χ0) is 17.3. The number of hydrogen-bond acceptors (Lipinski definition) is 2. The van der Waals surface area contributed by atoms with Crippen LogP contribution in [0.2, 0.25) is 0 Å². The van der Waals surface area contributed by atoms with Gasteiger partial charge in [-0.1, -0.05) is 51.1 Å². The van der Waals surface area contributed by atoms with Crippen LogP contribution in [0.15, 0.2) is 35.3 Å². The van der Waals surface area contributed by atoms with E-state index in [9.17, 15) is 4.79 Å². The zero-order valence-corrected chi connectivity index (χ0v) is 15.0. The van der Waals surface area contributed by atoms with E-state index in [1.165, 1.54) is 5.56 Å². The molecule has 1 amide bonds. The predicted octanol–water partition coefficient (Wildman–Crippen LogP) is 2.25. The summed E-state index contributed by atoms with van der Waals surface area (Å²) in [5.74, 6) is 0.900. The molecule has 0 saturated carbocycles. The van der Waals surface area contributed by atoms with E-state index in [0.717, 1.165) is 19.0 Å². The van der Waals surface area contributed by atoms with Crippen LogP contribution in [0.25, 0.3) is 0 Å². The van der Waals surface area contributed by atoms with Crippen molar-refractivity contribution in [2.24, 2.45) is 10.4 Å². The van der Waals surface area contributed by atoms with Crippen LogP contribution in [0.3, 0.4) is 0 Å². The Morgan fingerprint density at radius 2 is 1.83 bits per heavy atom. The van der Waals surface area contributed by atoms with Crippen molar-refractivity contribution in [3.8, 4) is 0 Å². The molecule has 5 nitrogen and oxygen atoms in total. The van der Waals surface area contributed by atoms with Crippen molar-refractivity contribution in [1.29, 1.82) is 0 Å². The van der Waals surface area contributed by atoms with Gasteiger partial charge in [0, 0.05) is 32.1 Å². The summed E-state index contributed by atoms with van der Waals surface area (Å²) in [6, 6.07) is 10.3. The molecule has 1 aromatic rings. The fourth-order valence-corrected chi connectivity index (χ4v) is 2.00. The van der Waals surface area contributed by atoms with Crippen molar-refractivity contribution in [2.75, 3.05) is 26.7 Å². The van der Waals surface area contributed by atoms with Crippen molar-refractivity contribution >= 4 is 11.9 Å². The lowest BCUT2D eigenvalue weighted by atomic mass is 9.96. The van der Waals surface area contributed by atoms with Crippen molar-refractivity contribution < 1.29 is 4.79 Å². The first-order chi connectivity index (χ1) is 10.8. The highest BCUT2D eigenvalue weighted by Gasteiger charge is 2.20. The maximum Gasteiger partial charge on any atom is 0.225 e. The van der Waals surface area contributed by atoms with Gasteiger partial charge in [0.05, 0.1) is 6.54 Å². The van der Waals surface area contributed by atoms with Crippen molar-refractivity contribution in [1.82, 2.24) is 15.5 Å². The lowest BCUT2D eigenvalue weighted by molar-refractivity contribution is -0.128. The number of benzene rings is 1. The highest BCUT2D eigenvalue weighted by Crippen LogP contribution is 2.11. The predicted molar refractivity (Wildman–Crippen MR) is 96.4 cm³/mol. The summed E-state index contributed by atoms with van der Waals surface area (Å²) in [5.41, 5.74) is 0.875. The number of aliphatic imine (C=N–C) groups is 1. The van der Waals surface area contributed by atoms with Crippen LogP contribution in [0, 0.1) is 5.41 Å². The number of carbonyl (C=O) groups excluding carboxylic acids is 1. The third-order valence-corrected chi connectivity index (χ3v) is 3.30. The van der Waals surface area contributed by atoms with Crippen molar-refractivity contribution in [3.05, 3.63) is 35.9 Å². The van der Waals surface area contributed by atoms with E-state index in [1.54, 1.807) is 0 Å². The summed E-state index contributed by atoms with van der Waals surface area (Å²) < 4.78 is 0. The van der Waals surface area contributed by atoms with Gasteiger partial charge in [0.25, 0.3) is 0 Å². The first kappa shape index (κ1) is 19.0. The average Bonchev–Trinajstić information content (AvgIpc) is 2.50. The van der Waals surface area contributed by atoms with Crippen molar-refractivity contribution in [2.45, 2.75) is 34.2 Å². The Kier molecular flexibility index (Phi) is 7.59. The van der Waals surface area contributed by atoms with E-state index in [1.807, 2.05) is 52.9 Å². The van der Waals surface area contributed by atoms with E-state index in [0.29, 0.717) is 13.1 Å². The second-order valence-corrected chi connectivity index (χ2v) is 6.58. The Balaban J connectivity index is 2.54. The molecule has 0 aliphatic rings. The fraction of sp³-hybridized carbons (Fsp3) is 0.556. The standard InChI is InChI=1S/C18H30N4O/c1-6-19-17(21-13-12-20-16(23)18(2,3)4)22(5)14-15-10-8-7-9-11-15/h7-11H,6,12-14H2,1-5H3,(H,19,21)(H,20,23). The van der Waals surface area contributed by atoms with E-state index in [4.69, 9.17) is 0 Å². The maximum absolute atomic E-state index is 11.8. The summed E-state index contributed by atoms with van der Waals surface area (Å²) in [6.07, 6.45) is 0. The van der Waals surface area contributed by atoms with Gasteiger partial charge in [-0.2, -0.15) is 0 Å². The Morgan fingerprint density at radius 3 is 2.39 bits per heavy atom. The molecule has 2 N–H and O–H groups in total. The Bertz CT molecular complexity index is 506. The molecule has 0 aliphatic heterocycles. The molecule has 0 unspecified atom stereocenters. The molecule has 1 aromatic carbocycles. The first-order valence-corrected chi connectivity index (χ1v) is 8.16. The number of nitrogens with one attached hydrogen (secondary N) is 2. The average molecular weight is 318 g/mol. The maximum atomic E-state index is 11.8. The van der Waals surface area contributed by atoms with Crippen LogP contribution >= 0.6 is 0 Å². The van der Waals surface area contributed by atoms with Gasteiger partial charge in [0.1, 0.15) is 0 Å². The molecular formula is C18H30N4O. The molecule has 0 atom stereocenters. The third-order valence-electron chi connectivity index (χ3n) is 3.30. The first-order valence-electron chi connectivity index (χ1n) is 8.16. The molecule has 5 heteroatoms. The molecule has 0 fully saturated rings. The number of amides is 1. The second-order valence-electron chi connectivity index (χ2n) is 6.58. The molecule has 0 aromatic heterocycles. The van der Waals surface area contributed by atoms with E-state index in [-0.39, 0.29) is 11.3 Å². The normalized spacial score (nSPS) is 12.0. The van der Waals surface area contributed by atoms with Gasteiger partial charge in [-0.15, -0.1) is 0 Å². The number of carbonyl (C=O) groups is 1. The molecule has 0 heterocycles. The number of nitrogens with zero attached hydrogens (tertiary/aromatic N) is 2. The zero-order valence-electron chi connectivity index (χ0n) is 15.0. The number of rotatable bonds is 6. The van der Waals surface area contributed by atoms with E-state index in [2.05, 4.69) is 32.7 Å². The highest BCUT2D eigenvalue weighted by molar-refractivity contribution is 5.81. The lowest BCUT2D eigenvalue weighted by Gasteiger charge is -2.22. The number of guanidine groups is 1. The number of hydrogen-bond donors (Lipinski definition) is 2. The SMILES string of the molecule is CCNC(=NCCNC(=O)C(C)(C)C)N(C)Cc1ccccc1. The molecular weight excluding hydrogens is 288 g/mol. The monoisotopic (exact) mass is 318 g/mol. The Labute approximate surface area is 140 Å². The van der Waals surface area contributed by atoms with Crippen LogP contribution in [0.4, 0.5) is 0 Å². The summed E-state index contributed by atoms with van der Waals surface area (Å²) >= 11 is 0. The van der Waals surface area contributed by atoms with Crippen LogP contribution < -0.4 is 10.6 Å². The van der Waals surface area contributed by atoms with Crippen molar-refractivity contribution in [3.63, 3.8) is 0 Å². The molecule has 1 rings (SSSR count). The van der Waals surface area contributed by atoms with Crippen LogP contribution in [0.1, 0.15) is 33.3 Å². The van der Waals surface area contributed by atoms with Gasteiger partial charge in [-0.3, -0.25) is 9.79 Å². The largest absolute Gasteiger partial charge is 0.357 e. The molecule has 128 valence electrons. The quantitative estimate of drug-likeness (QED) is 0.480. The van der Waals surface area contributed by atoms with Crippen LogP contribution in [0.5, 0.6) is 0 Å². The van der Waals surface area contributed by atoms with Gasteiger partial charge < -0.3 is 15.5 Å². The van der Waals surface area contributed by atoms with Gasteiger partial charge in [-0.25, -0.2) is 0 Å². The molecule has 0 bridgehead atoms. The van der Waals surface area contributed by atoms with Gasteiger partial charge in [0.15, 0.2) is 5.96 Å². The summed E-state index contributed by atoms with van der Waals surface area (Å²) in [5, 5.41) is 6.20. The lowest BCUT2D eigenvalue weighted by Crippen LogP contribution is -2.40. The second kappa shape index (κ2) is 9.18. The third kappa shape index (κ3) is 7.17. The topological polar surface area (TPSA) is 56.7 Å². The fourth-order valence-electron chi connectivity index (χ4n) is 2.00. The Hall–Kier alpha value is -2.04. The minimum atomic E-state index is -0.363. The smallest absolute Gasteiger partial charge is 0.225 e. The van der Waals surface area contributed by atoms with Gasteiger partial charge >= 0.3 is 0 Å². The Morgan fingerprint density at radius 1 is 1.17 bits per heavy atom. The van der Waals surface area contributed by atoms with Crippen LogP contribution in [-0.4, -0.2) is 43.4 Å². The molecule has 0 spiro atoms. The summed E-state index contributed by atoms with van der Waals surface area (Å²) in [4.78, 5) is 18.5. The molecule has 0 radical (unpaired) electrons. The molecule has 0 aliphatic carbocycles. The van der Waals surface area contributed by atoms with Crippen LogP contribution in [-0.2, 0) is 11.3 Å². The molecule has 23 heavy (non-hydrogen) atoms. The van der Waals surface area contributed by atoms with Gasteiger partial charge in [-0.05, 0) is 12.5 Å². The minimum absolute atomic E-state index is 0.0512. The summed E-state index contributed by atoms with van der Waals surface area (Å²) in [7, 11) is 2.02. The minimum Gasteiger partial charge on any atom is -0.357 e. The van der Waals surface area contributed by atoms with Gasteiger partial charge in [0.2, 0.25) is 5.91 Å². The molecule has 0 saturated heterocycles. The van der Waals surface area contributed by atoms with E-state index < -0.39 is 0 Å². The summed E-state index contributed by atoms with van der Waals surface area (Å²) in [6.45, 7) is 10.5. The highest BCUT2D eigenvalue weighted by atomic mass is 16.2. The van der Waals surface area contributed by atoms with E-state index >= 15 is 0 Å².